The zero-order valence-electron chi connectivity index (χ0n) is 23.3. The van der Waals surface area contributed by atoms with Crippen LogP contribution in [-0.2, 0) is 18.5 Å². The van der Waals surface area contributed by atoms with Gasteiger partial charge in [-0.15, -0.1) is 0 Å². The molecule has 0 aromatic heterocycles. The molecule has 0 bridgehead atoms. The third kappa shape index (κ3) is 6.09. The van der Waals surface area contributed by atoms with Crippen LogP contribution in [0, 0.1) is 18.3 Å². The minimum absolute atomic E-state index is 0.0200. The van der Waals surface area contributed by atoms with Crippen molar-refractivity contribution in [2.75, 3.05) is 10.6 Å². The van der Waals surface area contributed by atoms with Gasteiger partial charge in [-0.2, -0.15) is 40.4 Å². The summed E-state index contributed by atoms with van der Waals surface area (Å²) in [7, 11) is 0. The summed E-state index contributed by atoms with van der Waals surface area (Å²) in [6.45, 7) is 4.30. The van der Waals surface area contributed by atoms with Crippen molar-refractivity contribution in [2.24, 2.45) is 0 Å². The molecule has 0 fully saturated rings. The highest BCUT2D eigenvalue weighted by Gasteiger charge is 2.81. The Kier molecular flexibility index (Phi) is 9.43. The Bertz CT molecular complexity index is 1600. The van der Waals surface area contributed by atoms with Gasteiger partial charge in [-0.3, -0.25) is 9.59 Å². The normalized spacial score (nSPS) is 13.5. The number of nitriles is 1. The largest absolute Gasteiger partial charge is 0.457 e. The first kappa shape index (κ1) is 34.0. The summed E-state index contributed by atoms with van der Waals surface area (Å²) >= 11 is 0. The Balaban J connectivity index is 2.07. The predicted octanol–water partition coefficient (Wildman–Crippen LogP) is 8.42. The predicted molar refractivity (Wildman–Crippen MR) is 143 cm³/mol. The maximum atomic E-state index is 15.2. The number of carbonyl (C=O) groups is 2. The lowest BCUT2D eigenvalue weighted by atomic mass is 9.84. The van der Waals surface area contributed by atoms with Gasteiger partial charge in [0.1, 0.15) is 6.07 Å². The Morgan fingerprint density at radius 1 is 0.773 bits per heavy atom. The van der Waals surface area contributed by atoms with Crippen molar-refractivity contribution in [1.29, 1.82) is 5.26 Å². The smallest absolute Gasteiger partial charge is 0.321 e. The fourth-order valence-corrected chi connectivity index (χ4v) is 4.49. The van der Waals surface area contributed by atoms with E-state index in [-0.39, 0.29) is 64.2 Å². The molecule has 0 aliphatic rings. The van der Waals surface area contributed by atoms with Crippen molar-refractivity contribution in [3.8, 4) is 6.07 Å². The Hall–Kier alpha value is -4.54. The SMILES string of the molecule is CCc1cc(C(F)(C(F)(F)F)C(F)(F)C(F)(F)F)cc(CC)c1NC(=O)c1ccc(C#N)c(NC(=O)c2ccccc2C)c1. The van der Waals surface area contributed by atoms with Crippen LogP contribution < -0.4 is 10.6 Å². The van der Waals surface area contributed by atoms with E-state index in [1.54, 1.807) is 25.1 Å². The topological polar surface area (TPSA) is 82.0 Å². The molecule has 3 aromatic carbocycles. The zero-order chi connectivity index (χ0) is 33.3. The van der Waals surface area contributed by atoms with Crippen LogP contribution >= 0.6 is 0 Å². The number of hydrogen-bond donors (Lipinski definition) is 2. The summed E-state index contributed by atoms with van der Waals surface area (Å²) in [5, 5.41) is 14.4. The van der Waals surface area contributed by atoms with Crippen LogP contribution in [0.15, 0.2) is 54.6 Å². The van der Waals surface area contributed by atoms with E-state index in [1.165, 1.54) is 32.0 Å². The monoisotopic (exact) mass is 629 g/mol. The second-order valence-corrected chi connectivity index (χ2v) is 9.70. The summed E-state index contributed by atoms with van der Waals surface area (Å²) < 4.78 is 124. The van der Waals surface area contributed by atoms with Crippen LogP contribution in [0.3, 0.4) is 0 Å². The van der Waals surface area contributed by atoms with Gasteiger partial charge in [0, 0.05) is 22.4 Å². The molecule has 234 valence electrons. The number of alkyl halides is 9. The van der Waals surface area contributed by atoms with E-state index in [0.717, 1.165) is 6.07 Å². The van der Waals surface area contributed by atoms with Gasteiger partial charge >= 0.3 is 23.9 Å². The number of halogens is 9. The number of carbonyl (C=O) groups excluding carboxylic acids is 2. The number of nitrogens with one attached hydrogen (secondary N) is 2. The maximum Gasteiger partial charge on any atom is 0.457 e. The molecule has 0 spiro atoms. The van der Waals surface area contributed by atoms with E-state index in [2.05, 4.69) is 10.6 Å². The number of hydrogen-bond acceptors (Lipinski definition) is 3. The van der Waals surface area contributed by atoms with Crippen molar-refractivity contribution < 1.29 is 49.1 Å². The average Bonchev–Trinajstić information content (AvgIpc) is 2.95. The van der Waals surface area contributed by atoms with Crippen molar-refractivity contribution in [3.05, 3.63) is 93.5 Å². The average molecular weight is 630 g/mol. The lowest BCUT2D eigenvalue weighted by molar-refractivity contribution is -0.389. The highest BCUT2D eigenvalue weighted by atomic mass is 19.4. The van der Waals surface area contributed by atoms with Crippen LogP contribution in [0.25, 0.3) is 0 Å². The Morgan fingerprint density at radius 3 is 1.82 bits per heavy atom. The van der Waals surface area contributed by atoms with Gasteiger partial charge in [-0.1, -0.05) is 32.0 Å². The molecule has 0 saturated carbocycles. The maximum absolute atomic E-state index is 15.2. The molecular formula is C30H24F9N3O2. The van der Waals surface area contributed by atoms with Gasteiger partial charge in [0.15, 0.2) is 0 Å². The number of benzene rings is 3. The summed E-state index contributed by atoms with van der Waals surface area (Å²) in [5.41, 5.74) is -8.36. The molecular weight excluding hydrogens is 605 g/mol. The standard InChI is InChI=1S/C30H24F9N3O2/c1-4-17-12-21(27(31,29(34,35)36)28(32,33)30(37,38)39)13-18(5-2)24(17)42-25(43)19-10-11-20(15-40)23(14-19)41-26(44)22-9-7-6-8-16(22)3/h6-14H,4-5H2,1-3H3,(H,41,44)(H,42,43). The molecule has 1 unspecified atom stereocenters. The lowest BCUT2D eigenvalue weighted by Gasteiger charge is -2.36. The fourth-order valence-electron chi connectivity index (χ4n) is 4.49. The number of nitrogens with zero attached hydrogens (tertiary/aromatic N) is 1. The molecule has 0 radical (unpaired) electrons. The van der Waals surface area contributed by atoms with Crippen LogP contribution in [0.5, 0.6) is 0 Å². The third-order valence-electron chi connectivity index (χ3n) is 6.92. The first-order chi connectivity index (χ1) is 20.3. The van der Waals surface area contributed by atoms with E-state index in [1.807, 2.05) is 6.07 Å². The molecule has 0 saturated heterocycles. The molecule has 2 amide bonds. The van der Waals surface area contributed by atoms with Gasteiger partial charge in [0.2, 0.25) is 0 Å². The molecule has 14 heteroatoms. The van der Waals surface area contributed by atoms with Crippen LogP contribution in [0.2, 0.25) is 0 Å². The van der Waals surface area contributed by atoms with E-state index in [0.29, 0.717) is 5.56 Å². The molecule has 44 heavy (non-hydrogen) atoms. The zero-order valence-corrected chi connectivity index (χ0v) is 23.3. The van der Waals surface area contributed by atoms with Crippen LogP contribution in [0.4, 0.5) is 50.9 Å². The lowest BCUT2D eigenvalue weighted by Crippen LogP contribution is -2.59. The summed E-state index contributed by atoms with van der Waals surface area (Å²) in [4.78, 5) is 26.0. The van der Waals surface area contributed by atoms with Gasteiger partial charge in [0.05, 0.1) is 11.3 Å². The summed E-state index contributed by atoms with van der Waals surface area (Å²) in [5.74, 6) is -8.37. The minimum Gasteiger partial charge on any atom is -0.321 e. The van der Waals surface area contributed by atoms with E-state index in [4.69, 9.17) is 0 Å². The fraction of sp³-hybridized carbons (Fsp3) is 0.300. The number of rotatable bonds is 8. The van der Waals surface area contributed by atoms with Crippen LogP contribution in [-0.4, -0.2) is 30.1 Å². The Labute approximate surface area is 245 Å². The molecule has 0 aliphatic heterocycles. The molecule has 0 aliphatic carbocycles. The van der Waals surface area contributed by atoms with E-state index >= 15 is 4.39 Å². The van der Waals surface area contributed by atoms with Gasteiger partial charge in [0.25, 0.3) is 11.8 Å². The summed E-state index contributed by atoms with van der Waals surface area (Å²) in [6, 6.07) is 12.4. The molecule has 2 N–H and O–H groups in total. The first-order valence-corrected chi connectivity index (χ1v) is 12.9. The minimum atomic E-state index is -6.88. The van der Waals surface area contributed by atoms with Crippen LogP contribution in [0.1, 0.15) is 62.4 Å². The highest BCUT2D eigenvalue weighted by Crippen LogP contribution is 2.58. The van der Waals surface area contributed by atoms with Gasteiger partial charge in [-0.25, -0.2) is 4.39 Å². The molecule has 1 atom stereocenters. The summed E-state index contributed by atoms with van der Waals surface area (Å²) in [6.07, 6.45) is -14.2. The van der Waals surface area contributed by atoms with Crippen molar-refractivity contribution in [2.45, 2.75) is 57.6 Å². The number of amides is 2. The second-order valence-electron chi connectivity index (χ2n) is 9.70. The number of aryl methyl sites for hydroxylation is 3. The second kappa shape index (κ2) is 12.2. The molecule has 5 nitrogen and oxygen atoms in total. The van der Waals surface area contributed by atoms with Crippen molar-refractivity contribution in [3.63, 3.8) is 0 Å². The van der Waals surface area contributed by atoms with Crippen molar-refractivity contribution >= 4 is 23.2 Å². The van der Waals surface area contributed by atoms with E-state index < -0.39 is 41.3 Å². The molecule has 3 rings (SSSR count). The third-order valence-corrected chi connectivity index (χ3v) is 6.92. The number of anilines is 2. The molecule has 0 heterocycles. The Morgan fingerprint density at radius 2 is 1.34 bits per heavy atom. The first-order valence-electron chi connectivity index (χ1n) is 12.9. The van der Waals surface area contributed by atoms with Gasteiger partial charge < -0.3 is 10.6 Å². The molecule has 3 aromatic rings. The van der Waals surface area contributed by atoms with Gasteiger partial charge in [-0.05, 0) is 72.9 Å². The quantitative estimate of drug-likeness (QED) is 0.246. The van der Waals surface area contributed by atoms with E-state index in [9.17, 15) is 50.0 Å². The highest BCUT2D eigenvalue weighted by molar-refractivity contribution is 6.09. The van der Waals surface area contributed by atoms with Crippen molar-refractivity contribution in [1.82, 2.24) is 0 Å².